The van der Waals surface area contributed by atoms with Crippen LogP contribution in [0.15, 0.2) is 72.9 Å². The Labute approximate surface area is 220 Å². The summed E-state index contributed by atoms with van der Waals surface area (Å²) in [5.74, 6) is -0.912. The van der Waals surface area contributed by atoms with E-state index in [9.17, 15) is 19.7 Å². The topological polar surface area (TPSA) is 108 Å². The molecule has 2 amide bonds. The quantitative estimate of drug-likeness (QED) is 0.168. The number of nitrogens with one attached hydrogen (secondary N) is 2. The Bertz CT molecular complexity index is 1440. The van der Waals surface area contributed by atoms with Gasteiger partial charge in [0, 0.05) is 67.0 Å². The fourth-order valence-corrected chi connectivity index (χ4v) is 4.48. The van der Waals surface area contributed by atoms with Crippen LogP contribution in [0.5, 0.6) is 0 Å². The molecule has 1 fully saturated rings. The number of amides is 2. The molecule has 2 N–H and O–H groups in total. The van der Waals surface area contributed by atoms with Gasteiger partial charge in [-0.2, -0.15) is 0 Å². The summed E-state index contributed by atoms with van der Waals surface area (Å²) in [5.41, 5.74) is 4.89. The number of nitro benzene ring substituents is 1. The standard InChI is InChI=1S/C29H27N5O4/c1-32-14-16-33(17-15-32)23-11-7-22(8-12-23)30-19-27-26-18-21(6-13-25(26)28(35)31-29(27)36)3-2-20-4-9-24(10-5-20)34(37)38/h2-13,18-19,30H,14-17H2,1H3,(H,31,35,36)/b3-2+,27-19-. The molecule has 38 heavy (non-hydrogen) atoms. The first kappa shape index (κ1) is 24.9. The van der Waals surface area contributed by atoms with Gasteiger partial charge in [-0.15, -0.1) is 0 Å². The van der Waals surface area contributed by atoms with E-state index in [-0.39, 0.29) is 5.69 Å². The van der Waals surface area contributed by atoms with Crippen molar-refractivity contribution in [3.05, 3.63) is 105 Å². The Morgan fingerprint density at radius 3 is 2.18 bits per heavy atom. The lowest BCUT2D eigenvalue weighted by Crippen LogP contribution is -2.44. The lowest BCUT2D eigenvalue weighted by molar-refractivity contribution is -0.384. The van der Waals surface area contributed by atoms with Gasteiger partial charge in [-0.1, -0.05) is 18.2 Å². The van der Waals surface area contributed by atoms with Crippen LogP contribution in [0.1, 0.15) is 27.0 Å². The molecule has 0 bridgehead atoms. The molecule has 3 aromatic rings. The molecule has 2 aliphatic heterocycles. The van der Waals surface area contributed by atoms with Crippen LogP contribution in [0.2, 0.25) is 0 Å². The number of piperazine rings is 1. The predicted octanol–water partition coefficient (Wildman–Crippen LogP) is 4.24. The van der Waals surface area contributed by atoms with Crippen molar-refractivity contribution in [2.45, 2.75) is 0 Å². The molecule has 0 aliphatic carbocycles. The maximum Gasteiger partial charge on any atom is 0.269 e. The van der Waals surface area contributed by atoms with E-state index in [1.165, 1.54) is 12.1 Å². The molecule has 0 radical (unpaired) electrons. The van der Waals surface area contributed by atoms with Crippen LogP contribution in [0, 0.1) is 10.1 Å². The van der Waals surface area contributed by atoms with E-state index in [4.69, 9.17) is 0 Å². The first-order chi connectivity index (χ1) is 18.4. The molecule has 0 saturated carbocycles. The average molecular weight is 510 g/mol. The molecule has 0 unspecified atom stereocenters. The SMILES string of the molecule is CN1CCN(c2ccc(N/C=C3\C(=O)NC(=O)c4ccc(/C=C/c5ccc([N+](=O)[O-])cc5)cc43)cc2)CC1. The lowest BCUT2D eigenvalue weighted by Gasteiger charge is -2.34. The van der Waals surface area contributed by atoms with Crippen LogP contribution in [-0.4, -0.2) is 54.9 Å². The summed E-state index contributed by atoms with van der Waals surface area (Å²) in [6.07, 6.45) is 5.27. The van der Waals surface area contributed by atoms with E-state index >= 15 is 0 Å². The number of carbonyl (C=O) groups excluding carboxylic acids is 2. The normalized spacial score (nSPS) is 17.0. The number of nitro groups is 1. The van der Waals surface area contributed by atoms with E-state index in [1.807, 2.05) is 24.3 Å². The maximum atomic E-state index is 12.7. The van der Waals surface area contributed by atoms with Crippen molar-refractivity contribution < 1.29 is 14.5 Å². The molecule has 0 aromatic heterocycles. The summed E-state index contributed by atoms with van der Waals surface area (Å²) in [6, 6.07) is 19.5. The average Bonchev–Trinajstić information content (AvgIpc) is 2.92. The van der Waals surface area contributed by atoms with Gasteiger partial charge in [0.15, 0.2) is 0 Å². The Balaban J connectivity index is 1.35. The zero-order valence-corrected chi connectivity index (χ0v) is 20.9. The zero-order valence-electron chi connectivity index (χ0n) is 20.9. The van der Waals surface area contributed by atoms with Gasteiger partial charge in [0.25, 0.3) is 17.5 Å². The third kappa shape index (κ3) is 5.47. The van der Waals surface area contributed by atoms with Gasteiger partial charge in [0.05, 0.1) is 10.5 Å². The fraction of sp³-hybridized carbons (Fsp3) is 0.172. The molecule has 2 aliphatic rings. The van der Waals surface area contributed by atoms with E-state index < -0.39 is 16.7 Å². The highest BCUT2D eigenvalue weighted by Crippen LogP contribution is 2.27. The third-order valence-electron chi connectivity index (χ3n) is 6.74. The van der Waals surface area contributed by atoms with Crippen LogP contribution in [0.4, 0.5) is 17.1 Å². The van der Waals surface area contributed by atoms with Gasteiger partial charge in [0.1, 0.15) is 0 Å². The van der Waals surface area contributed by atoms with Gasteiger partial charge >= 0.3 is 0 Å². The summed E-state index contributed by atoms with van der Waals surface area (Å²) in [4.78, 5) is 40.3. The molecule has 0 atom stereocenters. The largest absolute Gasteiger partial charge is 0.369 e. The van der Waals surface area contributed by atoms with Gasteiger partial charge in [0.2, 0.25) is 0 Å². The minimum absolute atomic E-state index is 0.0247. The number of nitrogens with zero attached hydrogens (tertiary/aromatic N) is 3. The highest BCUT2D eigenvalue weighted by Gasteiger charge is 2.27. The van der Waals surface area contributed by atoms with Crippen molar-refractivity contribution in [1.29, 1.82) is 0 Å². The van der Waals surface area contributed by atoms with Crippen LogP contribution >= 0.6 is 0 Å². The summed E-state index contributed by atoms with van der Waals surface area (Å²) < 4.78 is 0. The first-order valence-electron chi connectivity index (χ1n) is 12.3. The van der Waals surface area contributed by atoms with E-state index in [2.05, 4.69) is 39.6 Å². The molecule has 2 heterocycles. The van der Waals surface area contributed by atoms with E-state index in [0.29, 0.717) is 16.7 Å². The highest BCUT2D eigenvalue weighted by molar-refractivity contribution is 6.31. The van der Waals surface area contributed by atoms with Crippen molar-refractivity contribution in [1.82, 2.24) is 10.2 Å². The number of hydrogen-bond acceptors (Lipinski definition) is 7. The maximum absolute atomic E-state index is 12.7. The minimum Gasteiger partial charge on any atom is -0.369 e. The van der Waals surface area contributed by atoms with Crippen molar-refractivity contribution in [3.63, 3.8) is 0 Å². The second-order valence-electron chi connectivity index (χ2n) is 9.31. The number of non-ortho nitro benzene ring substituents is 1. The van der Waals surface area contributed by atoms with Crippen LogP contribution in [0.25, 0.3) is 17.7 Å². The number of anilines is 2. The van der Waals surface area contributed by atoms with Gasteiger partial charge < -0.3 is 15.1 Å². The number of rotatable bonds is 6. The summed E-state index contributed by atoms with van der Waals surface area (Å²) in [5, 5.41) is 16.5. The molecule has 0 spiro atoms. The predicted molar refractivity (Wildman–Crippen MR) is 149 cm³/mol. The first-order valence-corrected chi connectivity index (χ1v) is 12.3. The molecule has 9 heteroatoms. The summed E-state index contributed by atoms with van der Waals surface area (Å²) in [6.45, 7) is 4.04. The van der Waals surface area contributed by atoms with Crippen LogP contribution in [0.3, 0.4) is 0 Å². The molecule has 3 aromatic carbocycles. The molecule has 192 valence electrons. The van der Waals surface area contributed by atoms with E-state index in [0.717, 1.165) is 48.7 Å². The second kappa shape index (κ2) is 10.7. The van der Waals surface area contributed by atoms with Gasteiger partial charge in [-0.3, -0.25) is 25.0 Å². The summed E-state index contributed by atoms with van der Waals surface area (Å²) >= 11 is 0. The number of fused-ring (bicyclic) bond motifs is 1. The zero-order chi connectivity index (χ0) is 26.6. The van der Waals surface area contributed by atoms with Crippen molar-refractivity contribution >= 4 is 46.6 Å². The third-order valence-corrected chi connectivity index (χ3v) is 6.74. The molecule has 1 saturated heterocycles. The van der Waals surface area contributed by atoms with Crippen molar-refractivity contribution in [2.24, 2.45) is 0 Å². The number of hydrogen-bond donors (Lipinski definition) is 2. The minimum atomic E-state index is -0.472. The van der Waals surface area contributed by atoms with Crippen molar-refractivity contribution in [3.8, 4) is 0 Å². The fourth-order valence-electron chi connectivity index (χ4n) is 4.48. The second-order valence-corrected chi connectivity index (χ2v) is 9.31. The summed E-state index contributed by atoms with van der Waals surface area (Å²) in [7, 11) is 2.13. The smallest absolute Gasteiger partial charge is 0.269 e. The number of imide groups is 1. The Morgan fingerprint density at radius 2 is 1.50 bits per heavy atom. The molecular weight excluding hydrogens is 482 g/mol. The molecular formula is C29H27N5O4. The molecule has 9 nitrogen and oxygen atoms in total. The van der Waals surface area contributed by atoms with Gasteiger partial charge in [-0.25, -0.2) is 0 Å². The monoisotopic (exact) mass is 509 g/mol. The Kier molecular flexibility index (Phi) is 7.01. The van der Waals surface area contributed by atoms with Crippen LogP contribution < -0.4 is 15.5 Å². The number of benzene rings is 3. The van der Waals surface area contributed by atoms with Gasteiger partial charge in [-0.05, 0) is 66.7 Å². The van der Waals surface area contributed by atoms with Crippen LogP contribution in [-0.2, 0) is 4.79 Å². The Morgan fingerprint density at radius 1 is 0.842 bits per heavy atom. The number of carbonyl (C=O) groups is 2. The Hall–Kier alpha value is -4.76. The highest BCUT2D eigenvalue weighted by atomic mass is 16.6. The van der Waals surface area contributed by atoms with E-state index in [1.54, 1.807) is 36.5 Å². The molecule has 5 rings (SSSR count). The number of likely N-dealkylation sites (N-methyl/N-ethyl adjacent to an activating group) is 1. The van der Waals surface area contributed by atoms with Crippen molar-refractivity contribution in [2.75, 3.05) is 43.4 Å². The lowest BCUT2D eigenvalue weighted by atomic mass is 9.93.